The summed E-state index contributed by atoms with van der Waals surface area (Å²) in [6, 6.07) is 7.75. The van der Waals surface area contributed by atoms with E-state index in [-0.39, 0.29) is 5.89 Å². The van der Waals surface area contributed by atoms with Crippen LogP contribution in [0.2, 0.25) is 0 Å². The van der Waals surface area contributed by atoms with E-state index in [4.69, 9.17) is 4.42 Å². The Morgan fingerprint density at radius 1 is 1.38 bits per heavy atom. The van der Waals surface area contributed by atoms with Crippen molar-refractivity contribution in [3.8, 4) is 11.3 Å². The van der Waals surface area contributed by atoms with Crippen molar-refractivity contribution in [2.75, 3.05) is 0 Å². The Hall–Kier alpha value is -1.42. The van der Waals surface area contributed by atoms with Crippen molar-refractivity contribution >= 4 is 22.2 Å². The van der Waals surface area contributed by atoms with E-state index in [0.29, 0.717) is 12.7 Å². The zero-order valence-corrected chi connectivity index (χ0v) is 10.3. The number of aryl methyl sites for hydroxylation is 1. The van der Waals surface area contributed by atoms with Crippen LogP contribution < -0.4 is 0 Å². The second-order valence-electron chi connectivity index (χ2n) is 3.30. The van der Waals surface area contributed by atoms with Crippen molar-refractivity contribution in [3.05, 3.63) is 40.4 Å². The van der Waals surface area contributed by atoms with Gasteiger partial charge in [-0.1, -0.05) is 35.0 Å². The molecule has 0 aliphatic carbocycles. The van der Waals surface area contributed by atoms with E-state index >= 15 is 0 Å². The number of aromatic nitrogens is 1. The fourth-order valence-corrected chi connectivity index (χ4v) is 1.76. The molecule has 1 aromatic heterocycles. The van der Waals surface area contributed by atoms with Gasteiger partial charge >= 0.3 is 0 Å². The van der Waals surface area contributed by atoms with Gasteiger partial charge in [0.05, 0.1) is 0 Å². The van der Waals surface area contributed by atoms with Crippen molar-refractivity contribution in [2.24, 2.45) is 0 Å². The Bertz CT molecular complexity index is 502. The van der Waals surface area contributed by atoms with Gasteiger partial charge < -0.3 is 4.42 Å². The zero-order chi connectivity index (χ0) is 11.5. The molecule has 0 aliphatic rings. The average Bonchev–Trinajstić information content (AvgIpc) is 2.73. The van der Waals surface area contributed by atoms with Crippen LogP contribution in [0.4, 0.5) is 0 Å². The topological polar surface area (TPSA) is 43.1 Å². The van der Waals surface area contributed by atoms with Crippen LogP contribution in [0.25, 0.3) is 11.3 Å². The first-order chi connectivity index (χ1) is 7.74. The highest BCUT2D eigenvalue weighted by Gasteiger charge is 2.12. The van der Waals surface area contributed by atoms with Gasteiger partial charge in [-0.25, -0.2) is 4.98 Å². The van der Waals surface area contributed by atoms with Gasteiger partial charge in [0.2, 0.25) is 6.29 Å². The van der Waals surface area contributed by atoms with E-state index in [9.17, 15) is 4.79 Å². The quantitative estimate of drug-likeness (QED) is 0.808. The Morgan fingerprint density at radius 2 is 2.06 bits per heavy atom. The molecule has 16 heavy (non-hydrogen) atoms. The maximum atomic E-state index is 10.6. The predicted molar refractivity (Wildman–Crippen MR) is 64.4 cm³/mol. The molecular weight excluding hydrogens is 270 g/mol. The van der Waals surface area contributed by atoms with Crippen molar-refractivity contribution < 1.29 is 9.21 Å². The smallest absolute Gasteiger partial charge is 0.260 e. The number of carbonyl (C=O) groups excluding carboxylic acids is 1. The van der Waals surface area contributed by atoms with Crippen molar-refractivity contribution in [1.82, 2.24) is 4.98 Å². The molecule has 0 bridgehead atoms. The summed E-state index contributed by atoms with van der Waals surface area (Å²) in [6.07, 6.45) is 1.34. The highest BCUT2D eigenvalue weighted by Crippen LogP contribution is 2.25. The molecule has 0 atom stereocenters. The molecule has 0 N–H and O–H groups in total. The summed E-state index contributed by atoms with van der Waals surface area (Å²) in [5.41, 5.74) is 1.70. The lowest BCUT2D eigenvalue weighted by Gasteiger charge is -1.98. The van der Waals surface area contributed by atoms with E-state index < -0.39 is 0 Å². The molecule has 0 unspecified atom stereocenters. The SMILES string of the molecule is CCc1oc(C=O)nc1-c1ccc(Br)cc1. The van der Waals surface area contributed by atoms with Crippen LogP contribution in [0.15, 0.2) is 33.2 Å². The number of hydrogen-bond acceptors (Lipinski definition) is 3. The Balaban J connectivity index is 2.49. The third-order valence-electron chi connectivity index (χ3n) is 2.25. The van der Waals surface area contributed by atoms with Crippen LogP contribution in [0.5, 0.6) is 0 Å². The lowest BCUT2D eigenvalue weighted by molar-refractivity contribution is 0.109. The normalized spacial score (nSPS) is 10.4. The third-order valence-corrected chi connectivity index (χ3v) is 2.78. The number of benzene rings is 1. The van der Waals surface area contributed by atoms with Crippen LogP contribution in [-0.4, -0.2) is 11.3 Å². The van der Waals surface area contributed by atoms with Gasteiger partial charge in [0.15, 0.2) is 0 Å². The molecule has 1 heterocycles. The molecule has 3 nitrogen and oxygen atoms in total. The second-order valence-corrected chi connectivity index (χ2v) is 4.22. The number of halogens is 1. The largest absolute Gasteiger partial charge is 0.438 e. The first kappa shape index (κ1) is 11.1. The molecule has 2 aromatic rings. The summed E-state index contributed by atoms with van der Waals surface area (Å²) in [5.74, 6) is 0.874. The number of hydrogen-bond donors (Lipinski definition) is 0. The maximum Gasteiger partial charge on any atom is 0.260 e. The number of carbonyl (C=O) groups is 1. The van der Waals surface area contributed by atoms with Crippen LogP contribution in [0.3, 0.4) is 0 Å². The minimum Gasteiger partial charge on any atom is -0.438 e. The fraction of sp³-hybridized carbons (Fsp3) is 0.167. The number of oxazole rings is 1. The summed E-state index contributed by atoms with van der Waals surface area (Å²) in [4.78, 5) is 14.8. The number of aldehydes is 1. The van der Waals surface area contributed by atoms with E-state index in [2.05, 4.69) is 20.9 Å². The number of nitrogens with zero attached hydrogens (tertiary/aromatic N) is 1. The highest BCUT2D eigenvalue weighted by atomic mass is 79.9. The average molecular weight is 280 g/mol. The third kappa shape index (κ3) is 2.07. The molecular formula is C12H10BrNO2. The van der Waals surface area contributed by atoms with Crippen molar-refractivity contribution in [3.63, 3.8) is 0 Å². The van der Waals surface area contributed by atoms with Crippen LogP contribution in [-0.2, 0) is 6.42 Å². The summed E-state index contributed by atoms with van der Waals surface area (Å²) >= 11 is 3.37. The monoisotopic (exact) mass is 279 g/mol. The van der Waals surface area contributed by atoms with Gasteiger partial charge in [-0.15, -0.1) is 0 Å². The molecule has 0 radical (unpaired) electrons. The predicted octanol–water partition coefficient (Wildman–Crippen LogP) is 3.48. The van der Waals surface area contributed by atoms with E-state index in [1.54, 1.807) is 0 Å². The van der Waals surface area contributed by atoms with E-state index in [1.165, 1.54) is 0 Å². The Morgan fingerprint density at radius 3 is 2.62 bits per heavy atom. The molecule has 0 fully saturated rings. The first-order valence-electron chi connectivity index (χ1n) is 4.95. The standard InChI is InChI=1S/C12H10BrNO2/c1-2-10-12(14-11(7-15)16-10)8-3-5-9(13)6-4-8/h3-7H,2H2,1H3. The van der Waals surface area contributed by atoms with E-state index in [1.807, 2.05) is 31.2 Å². The lowest BCUT2D eigenvalue weighted by atomic mass is 10.1. The molecule has 4 heteroatoms. The minimum atomic E-state index is 0.134. The summed E-state index contributed by atoms with van der Waals surface area (Å²) in [6.45, 7) is 1.97. The summed E-state index contributed by atoms with van der Waals surface area (Å²) < 4.78 is 6.31. The van der Waals surface area contributed by atoms with Gasteiger partial charge in [-0.3, -0.25) is 4.79 Å². The van der Waals surface area contributed by atoms with Gasteiger partial charge in [-0.05, 0) is 12.1 Å². The van der Waals surface area contributed by atoms with Gasteiger partial charge in [0, 0.05) is 16.5 Å². The van der Waals surface area contributed by atoms with Crippen LogP contribution >= 0.6 is 15.9 Å². The Labute approximate surface area is 102 Å². The van der Waals surface area contributed by atoms with Crippen LogP contribution in [0.1, 0.15) is 23.4 Å². The molecule has 0 spiro atoms. The molecule has 0 amide bonds. The van der Waals surface area contributed by atoms with Gasteiger partial charge in [0.1, 0.15) is 11.5 Å². The van der Waals surface area contributed by atoms with Gasteiger partial charge in [0.25, 0.3) is 5.89 Å². The molecule has 0 saturated heterocycles. The minimum absolute atomic E-state index is 0.134. The first-order valence-corrected chi connectivity index (χ1v) is 5.74. The Kier molecular flexibility index (Phi) is 3.19. The zero-order valence-electron chi connectivity index (χ0n) is 8.74. The fourth-order valence-electron chi connectivity index (χ4n) is 1.49. The lowest BCUT2D eigenvalue weighted by Crippen LogP contribution is -1.84. The van der Waals surface area contributed by atoms with E-state index in [0.717, 1.165) is 21.5 Å². The molecule has 2 rings (SSSR count). The molecule has 1 aromatic carbocycles. The summed E-state index contributed by atoms with van der Waals surface area (Å²) in [7, 11) is 0. The highest BCUT2D eigenvalue weighted by molar-refractivity contribution is 9.10. The molecule has 0 aliphatic heterocycles. The number of rotatable bonds is 3. The maximum absolute atomic E-state index is 10.6. The van der Waals surface area contributed by atoms with Crippen molar-refractivity contribution in [1.29, 1.82) is 0 Å². The van der Waals surface area contributed by atoms with Crippen LogP contribution in [0, 0.1) is 0 Å². The molecule has 0 saturated carbocycles. The molecule has 82 valence electrons. The second kappa shape index (κ2) is 4.61. The van der Waals surface area contributed by atoms with Crippen molar-refractivity contribution in [2.45, 2.75) is 13.3 Å². The summed E-state index contributed by atoms with van der Waals surface area (Å²) in [5, 5.41) is 0. The van der Waals surface area contributed by atoms with Gasteiger partial charge in [-0.2, -0.15) is 0 Å².